The van der Waals surface area contributed by atoms with Crippen molar-refractivity contribution in [2.75, 3.05) is 6.61 Å². The second kappa shape index (κ2) is 5.66. The lowest BCUT2D eigenvalue weighted by molar-refractivity contribution is -0.388. The minimum atomic E-state index is -5.27. The van der Waals surface area contributed by atoms with Crippen LogP contribution in [0.4, 0.5) is 32.0 Å². The van der Waals surface area contributed by atoms with E-state index in [0.29, 0.717) is 0 Å². The highest BCUT2D eigenvalue weighted by Crippen LogP contribution is 2.44. The molecule has 0 atom stereocenters. The number of rotatable bonds is 4. The van der Waals surface area contributed by atoms with Gasteiger partial charge in [0.05, 0.1) is 17.6 Å². The van der Waals surface area contributed by atoms with Gasteiger partial charge in [-0.1, -0.05) is 0 Å². The summed E-state index contributed by atoms with van der Waals surface area (Å²) in [4.78, 5) is 9.24. The Labute approximate surface area is 113 Å². The average molecular weight is 319 g/mol. The van der Waals surface area contributed by atoms with Crippen molar-refractivity contribution in [3.8, 4) is 11.5 Å². The Bertz CT molecular complexity index is 540. The minimum Gasteiger partial charge on any atom is -0.490 e. The Hall–Kier alpha value is -2.20. The van der Waals surface area contributed by atoms with E-state index in [0.717, 1.165) is 0 Å². The smallest absolute Gasteiger partial charge is 0.490 e. The molecule has 0 aliphatic rings. The summed E-state index contributed by atoms with van der Waals surface area (Å²) in [6.07, 6.45) is -10.5. The van der Waals surface area contributed by atoms with Crippen molar-refractivity contribution in [2.45, 2.75) is 19.5 Å². The van der Waals surface area contributed by atoms with Gasteiger partial charge in [-0.15, -0.1) is 13.2 Å². The number of halogens is 6. The van der Waals surface area contributed by atoms with Gasteiger partial charge in [0.1, 0.15) is 5.56 Å². The Morgan fingerprint density at radius 3 is 2.10 bits per heavy atom. The van der Waals surface area contributed by atoms with Crippen molar-refractivity contribution < 1.29 is 40.7 Å². The van der Waals surface area contributed by atoms with Crippen LogP contribution in [0, 0.1) is 10.1 Å². The highest BCUT2D eigenvalue weighted by atomic mass is 19.4. The van der Waals surface area contributed by atoms with Crippen molar-refractivity contribution in [3.63, 3.8) is 0 Å². The first-order valence-electron chi connectivity index (χ1n) is 5.24. The lowest BCUT2D eigenvalue weighted by Gasteiger charge is -2.16. The first kappa shape index (κ1) is 16.9. The minimum absolute atomic E-state index is 0.114. The van der Waals surface area contributed by atoms with Crippen LogP contribution in [-0.4, -0.2) is 17.9 Å². The molecule has 0 saturated carbocycles. The summed E-state index contributed by atoms with van der Waals surface area (Å²) >= 11 is 0. The predicted octanol–water partition coefficient (Wildman–Crippen LogP) is 3.91. The van der Waals surface area contributed by atoms with Gasteiger partial charge in [0.25, 0.3) is 5.69 Å². The molecule has 0 aliphatic heterocycles. The van der Waals surface area contributed by atoms with Gasteiger partial charge in [0.2, 0.25) is 0 Å². The second-order valence-electron chi connectivity index (χ2n) is 3.55. The quantitative estimate of drug-likeness (QED) is 0.479. The van der Waals surface area contributed by atoms with Crippen LogP contribution in [0.25, 0.3) is 0 Å². The summed E-state index contributed by atoms with van der Waals surface area (Å²) in [5.41, 5.74) is -3.30. The summed E-state index contributed by atoms with van der Waals surface area (Å²) in [6, 6.07) is 0.129. The molecule has 0 bridgehead atoms. The maximum atomic E-state index is 12.7. The van der Waals surface area contributed by atoms with Gasteiger partial charge in [-0.2, -0.15) is 13.2 Å². The molecule has 0 saturated heterocycles. The van der Waals surface area contributed by atoms with Crippen molar-refractivity contribution in [2.24, 2.45) is 0 Å². The van der Waals surface area contributed by atoms with Crippen LogP contribution in [-0.2, 0) is 6.18 Å². The molecular formula is C10H7F6NO4. The second-order valence-corrected chi connectivity index (χ2v) is 3.55. The third kappa shape index (κ3) is 4.39. The predicted molar refractivity (Wildman–Crippen MR) is 56.0 cm³/mol. The third-order valence-electron chi connectivity index (χ3n) is 2.09. The molecule has 1 aromatic rings. The van der Waals surface area contributed by atoms with Gasteiger partial charge in [-0.25, -0.2) is 0 Å². The van der Waals surface area contributed by atoms with E-state index in [1.807, 2.05) is 0 Å². The first-order chi connectivity index (χ1) is 9.45. The summed E-state index contributed by atoms with van der Waals surface area (Å²) in [5.74, 6) is -2.11. The van der Waals surface area contributed by atoms with Crippen molar-refractivity contribution in [1.29, 1.82) is 0 Å². The number of alkyl halides is 6. The maximum absolute atomic E-state index is 12.7. The summed E-state index contributed by atoms with van der Waals surface area (Å²) in [5, 5.41) is 10.6. The largest absolute Gasteiger partial charge is 0.573 e. The zero-order valence-electron chi connectivity index (χ0n) is 10.2. The zero-order chi connectivity index (χ0) is 16.4. The average Bonchev–Trinajstić information content (AvgIpc) is 2.27. The number of ether oxygens (including phenoxy) is 2. The maximum Gasteiger partial charge on any atom is 0.573 e. The van der Waals surface area contributed by atoms with Crippen LogP contribution < -0.4 is 9.47 Å². The Morgan fingerprint density at radius 2 is 1.71 bits per heavy atom. The van der Waals surface area contributed by atoms with E-state index in [4.69, 9.17) is 0 Å². The van der Waals surface area contributed by atoms with Crippen LogP contribution in [0.2, 0.25) is 0 Å². The SMILES string of the molecule is CCOc1cc([N+](=O)[O-])c(C(F)(F)F)cc1OC(F)(F)F. The van der Waals surface area contributed by atoms with Crippen molar-refractivity contribution in [3.05, 3.63) is 27.8 Å². The molecule has 0 aromatic heterocycles. The Balaban J connectivity index is 3.51. The summed E-state index contributed by atoms with van der Waals surface area (Å²) in [6.45, 7) is 1.11. The number of hydrogen-bond donors (Lipinski definition) is 0. The van der Waals surface area contributed by atoms with E-state index in [9.17, 15) is 36.5 Å². The lowest BCUT2D eigenvalue weighted by Crippen LogP contribution is -2.19. The first-order valence-corrected chi connectivity index (χ1v) is 5.24. The molecule has 5 nitrogen and oxygen atoms in total. The highest BCUT2D eigenvalue weighted by molar-refractivity contribution is 5.55. The molecule has 0 fully saturated rings. The normalized spacial score (nSPS) is 12.1. The van der Waals surface area contributed by atoms with Crippen LogP contribution in [0.5, 0.6) is 11.5 Å². The number of nitro groups is 1. The molecule has 1 rings (SSSR count). The van der Waals surface area contributed by atoms with Gasteiger partial charge >= 0.3 is 12.5 Å². The number of benzene rings is 1. The van der Waals surface area contributed by atoms with E-state index in [1.165, 1.54) is 6.92 Å². The standard InChI is InChI=1S/C10H7F6NO4/c1-2-20-7-4-6(17(18)19)5(9(11,12)13)3-8(7)21-10(14,15)16/h3-4H,2H2,1H3. The van der Waals surface area contributed by atoms with Gasteiger partial charge in [0.15, 0.2) is 11.5 Å². The monoisotopic (exact) mass is 319 g/mol. The van der Waals surface area contributed by atoms with Gasteiger partial charge < -0.3 is 9.47 Å². The van der Waals surface area contributed by atoms with Gasteiger partial charge in [-0.3, -0.25) is 10.1 Å². The summed E-state index contributed by atoms with van der Waals surface area (Å²) in [7, 11) is 0. The van der Waals surface area contributed by atoms with E-state index in [-0.39, 0.29) is 18.7 Å². The van der Waals surface area contributed by atoms with Crippen LogP contribution >= 0.6 is 0 Å². The Morgan fingerprint density at radius 1 is 1.14 bits per heavy atom. The molecule has 0 unspecified atom stereocenters. The zero-order valence-corrected chi connectivity index (χ0v) is 10.2. The number of nitro benzene ring substituents is 1. The number of nitrogens with zero attached hydrogens (tertiary/aromatic N) is 1. The Kier molecular flexibility index (Phi) is 4.54. The van der Waals surface area contributed by atoms with Crippen LogP contribution in [0.1, 0.15) is 12.5 Å². The van der Waals surface area contributed by atoms with Gasteiger partial charge in [-0.05, 0) is 6.92 Å². The highest BCUT2D eigenvalue weighted by Gasteiger charge is 2.41. The molecule has 0 heterocycles. The fraction of sp³-hybridized carbons (Fsp3) is 0.400. The molecule has 0 aliphatic carbocycles. The van der Waals surface area contributed by atoms with Gasteiger partial charge in [0, 0.05) is 6.07 Å². The van der Waals surface area contributed by atoms with E-state index >= 15 is 0 Å². The molecule has 0 spiro atoms. The van der Waals surface area contributed by atoms with E-state index in [2.05, 4.69) is 9.47 Å². The fourth-order valence-electron chi connectivity index (χ4n) is 1.40. The molecule has 0 amide bonds. The molecule has 0 radical (unpaired) electrons. The topological polar surface area (TPSA) is 61.6 Å². The third-order valence-corrected chi connectivity index (χ3v) is 2.09. The molecule has 1 aromatic carbocycles. The lowest BCUT2D eigenvalue weighted by atomic mass is 10.1. The molecule has 11 heteroatoms. The van der Waals surface area contributed by atoms with E-state index in [1.54, 1.807) is 0 Å². The molecule has 21 heavy (non-hydrogen) atoms. The molecule has 118 valence electrons. The fourth-order valence-corrected chi connectivity index (χ4v) is 1.40. The van der Waals surface area contributed by atoms with Crippen LogP contribution in [0.3, 0.4) is 0 Å². The van der Waals surface area contributed by atoms with Crippen molar-refractivity contribution >= 4 is 5.69 Å². The number of hydrogen-bond acceptors (Lipinski definition) is 4. The molecule has 0 N–H and O–H groups in total. The van der Waals surface area contributed by atoms with Crippen molar-refractivity contribution in [1.82, 2.24) is 0 Å². The summed E-state index contributed by atoms with van der Waals surface area (Å²) < 4.78 is 82.5. The van der Waals surface area contributed by atoms with E-state index < -0.39 is 40.2 Å². The molecular weight excluding hydrogens is 312 g/mol. The van der Waals surface area contributed by atoms with Crippen LogP contribution in [0.15, 0.2) is 12.1 Å².